The predicted octanol–water partition coefficient (Wildman–Crippen LogP) is 4.47. The summed E-state index contributed by atoms with van der Waals surface area (Å²) in [4.78, 5) is 10.0. The lowest BCUT2D eigenvalue weighted by Gasteiger charge is -2.18. The lowest BCUT2D eigenvalue weighted by Crippen LogP contribution is -2.39. The Labute approximate surface area is 168 Å². The molecule has 0 aliphatic heterocycles. The summed E-state index contributed by atoms with van der Waals surface area (Å²) in [6.45, 7) is 8.89. The summed E-state index contributed by atoms with van der Waals surface area (Å²) in [6.07, 6.45) is 0. The van der Waals surface area contributed by atoms with Gasteiger partial charge in [0.2, 0.25) is 0 Å². The van der Waals surface area contributed by atoms with Crippen molar-refractivity contribution in [1.29, 1.82) is 0 Å². The van der Waals surface area contributed by atoms with Crippen molar-refractivity contribution in [2.45, 2.75) is 40.3 Å². The molecule has 0 bridgehead atoms. The topological polar surface area (TPSA) is 49.3 Å². The number of guanidine groups is 1. The van der Waals surface area contributed by atoms with Crippen molar-refractivity contribution in [3.8, 4) is 0 Å². The van der Waals surface area contributed by atoms with Gasteiger partial charge in [-0.2, -0.15) is 0 Å². The molecule has 0 saturated heterocycles. The van der Waals surface area contributed by atoms with E-state index in [0.717, 1.165) is 21.6 Å². The number of aromatic nitrogens is 1. The van der Waals surface area contributed by atoms with E-state index >= 15 is 0 Å². The van der Waals surface area contributed by atoms with Gasteiger partial charge in [0.1, 0.15) is 11.6 Å². The minimum Gasteiger partial charge on any atom is -0.357 e. The van der Waals surface area contributed by atoms with Gasteiger partial charge in [0, 0.05) is 23.1 Å². The fourth-order valence-electron chi connectivity index (χ4n) is 2.33. The molecule has 1 aromatic carbocycles. The SMILES string of the molecule is CCNC(=NCc1sc(C)nc1C)NC(C)c1ccc(F)cc1F.I. The zero-order valence-corrected chi connectivity index (χ0v) is 17.8. The van der Waals surface area contributed by atoms with Crippen LogP contribution in [0.25, 0.3) is 0 Å². The third-order valence-electron chi connectivity index (χ3n) is 3.51. The summed E-state index contributed by atoms with van der Waals surface area (Å²) in [7, 11) is 0. The Bertz CT molecular complexity index is 733. The molecule has 2 N–H and O–H groups in total. The van der Waals surface area contributed by atoms with Gasteiger partial charge in [-0.1, -0.05) is 6.07 Å². The summed E-state index contributed by atoms with van der Waals surface area (Å²) in [5.74, 6) is -0.570. The predicted molar refractivity (Wildman–Crippen MR) is 110 cm³/mol. The maximum atomic E-state index is 13.9. The van der Waals surface area contributed by atoms with E-state index in [1.54, 1.807) is 11.3 Å². The first kappa shape index (κ1) is 21.8. The smallest absolute Gasteiger partial charge is 0.192 e. The highest BCUT2D eigenvalue weighted by Gasteiger charge is 2.13. The number of aryl methyl sites for hydroxylation is 2. The van der Waals surface area contributed by atoms with Crippen molar-refractivity contribution in [2.24, 2.45) is 4.99 Å². The molecule has 0 fully saturated rings. The average molecular weight is 480 g/mol. The van der Waals surface area contributed by atoms with E-state index in [-0.39, 0.29) is 30.0 Å². The van der Waals surface area contributed by atoms with E-state index < -0.39 is 11.6 Å². The molecule has 1 aromatic heterocycles. The van der Waals surface area contributed by atoms with Crippen molar-refractivity contribution in [3.05, 3.63) is 51.0 Å². The average Bonchev–Trinajstić information content (AvgIpc) is 2.82. The molecule has 2 aromatic rings. The van der Waals surface area contributed by atoms with Crippen molar-refractivity contribution < 1.29 is 8.78 Å². The van der Waals surface area contributed by atoms with E-state index in [4.69, 9.17) is 0 Å². The number of hydrogen-bond donors (Lipinski definition) is 2. The van der Waals surface area contributed by atoms with E-state index in [1.165, 1.54) is 12.1 Å². The molecule has 0 amide bonds. The fourth-order valence-corrected chi connectivity index (χ4v) is 3.19. The van der Waals surface area contributed by atoms with Crippen LogP contribution in [-0.4, -0.2) is 17.5 Å². The Morgan fingerprint density at radius 2 is 2.04 bits per heavy atom. The number of hydrogen-bond acceptors (Lipinski definition) is 3. The molecule has 0 saturated carbocycles. The quantitative estimate of drug-likeness (QED) is 0.377. The number of thiazole rings is 1. The molecule has 0 aliphatic rings. The normalized spacial score (nSPS) is 12.5. The van der Waals surface area contributed by atoms with Crippen LogP contribution in [0.1, 0.15) is 41.0 Å². The van der Waals surface area contributed by atoms with Crippen LogP contribution >= 0.6 is 35.3 Å². The monoisotopic (exact) mass is 480 g/mol. The Balaban J connectivity index is 0.00000312. The summed E-state index contributed by atoms with van der Waals surface area (Å²) >= 11 is 1.62. The third-order valence-corrected chi connectivity index (χ3v) is 4.56. The number of rotatable bonds is 5. The fraction of sp³-hybridized carbons (Fsp3) is 0.412. The highest BCUT2D eigenvalue weighted by molar-refractivity contribution is 14.0. The van der Waals surface area contributed by atoms with Gasteiger partial charge in [-0.3, -0.25) is 0 Å². The van der Waals surface area contributed by atoms with E-state index in [2.05, 4.69) is 20.6 Å². The number of benzene rings is 1. The van der Waals surface area contributed by atoms with Gasteiger partial charge in [0.25, 0.3) is 0 Å². The molecule has 2 rings (SSSR count). The Morgan fingerprint density at radius 1 is 1.32 bits per heavy atom. The number of nitrogens with zero attached hydrogens (tertiary/aromatic N) is 2. The lowest BCUT2D eigenvalue weighted by atomic mass is 10.1. The number of aliphatic imine (C=N–C) groups is 1. The van der Waals surface area contributed by atoms with Gasteiger partial charge in [0.15, 0.2) is 5.96 Å². The lowest BCUT2D eigenvalue weighted by molar-refractivity contribution is 0.551. The molecule has 0 radical (unpaired) electrons. The van der Waals surface area contributed by atoms with Crippen LogP contribution in [0, 0.1) is 25.5 Å². The largest absolute Gasteiger partial charge is 0.357 e. The number of nitrogens with one attached hydrogen (secondary N) is 2. The summed E-state index contributed by atoms with van der Waals surface area (Å²) in [6, 6.07) is 3.25. The second-order valence-electron chi connectivity index (χ2n) is 5.47. The van der Waals surface area contributed by atoms with Crippen molar-refractivity contribution in [2.75, 3.05) is 6.54 Å². The highest BCUT2D eigenvalue weighted by Crippen LogP contribution is 2.19. The molecule has 25 heavy (non-hydrogen) atoms. The second-order valence-corrected chi connectivity index (χ2v) is 6.76. The van der Waals surface area contributed by atoms with E-state index in [1.807, 2.05) is 27.7 Å². The molecule has 1 unspecified atom stereocenters. The van der Waals surface area contributed by atoms with Crippen molar-refractivity contribution in [1.82, 2.24) is 15.6 Å². The van der Waals surface area contributed by atoms with Crippen LogP contribution in [0.2, 0.25) is 0 Å². The first-order valence-corrected chi connectivity index (χ1v) is 8.65. The first-order valence-electron chi connectivity index (χ1n) is 7.83. The van der Waals surface area contributed by atoms with E-state index in [9.17, 15) is 8.78 Å². The van der Waals surface area contributed by atoms with Gasteiger partial charge in [-0.05, 0) is 33.8 Å². The van der Waals surface area contributed by atoms with Crippen molar-refractivity contribution >= 4 is 41.3 Å². The van der Waals surface area contributed by atoms with Crippen LogP contribution in [0.15, 0.2) is 23.2 Å². The van der Waals surface area contributed by atoms with E-state index in [0.29, 0.717) is 24.6 Å². The Morgan fingerprint density at radius 3 is 2.60 bits per heavy atom. The Hall–Kier alpha value is -1.29. The summed E-state index contributed by atoms with van der Waals surface area (Å²) in [5, 5.41) is 7.30. The molecular formula is C17H23F2IN4S. The van der Waals surface area contributed by atoms with Crippen molar-refractivity contribution in [3.63, 3.8) is 0 Å². The van der Waals surface area contributed by atoms with Gasteiger partial charge in [-0.25, -0.2) is 18.8 Å². The van der Waals surface area contributed by atoms with Crippen LogP contribution < -0.4 is 10.6 Å². The van der Waals surface area contributed by atoms with Gasteiger partial charge in [-0.15, -0.1) is 35.3 Å². The first-order chi connectivity index (χ1) is 11.4. The standard InChI is InChI=1S/C17H22F2N4S.HI/c1-5-20-17(21-9-16-11(3)22-12(4)24-16)23-10(2)14-7-6-13(18)8-15(14)19;/h6-8,10H,5,9H2,1-4H3,(H2,20,21,23);1H. The zero-order chi connectivity index (χ0) is 17.7. The van der Waals surface area contributed by atoms with Gasteiger partial charge in [0.05, 0.1) is 23.3 Å². The van der Waals surface area contributed by atoms with Crippen LogP contribution in [0.4, 0.5) is 8.78 Å². The summed E-state index contributed by atoms with van der Waals surface area (Å²) in [5.41, 5.74) is 1.38. The number of halogens is 3. The molecule has 0 spiro atoms. The maximum Gasteiger partial charge on any atom is 0.192 e. The summed E-state index contributed by atoms with van der Waals surface area (Å²) < 4.78 is 26.9. The molecular weight excluding hydrogens is 457 g/mol. The zero-order valence-electron chi connectivity index (χ0n) is 14.7. The third kappa shape index (κ3) is 6.18. The minimum absolute atomic E-state index is 0. The minimum atomic E-state index is -0.583. The second kappa shape index (κ2) is 10.0. The maximum absolute atomic E-state index is 13.9. The molecule has 0 aliphatic carbocycles. The molecule has 138 valence electrons. The van der Waals surface area contributed by atoms with Crippen LogP contribution in [0.3, 0.4) is 0 Å². The Kier molecular flexibility index (Phi) is 8.70. The van der Waals surface area contributed by atoms with Crippen LogP contribution in [-0.2, 0) is 6.54 Å². The molecule has 4 nitrogen and oxygen atoms in total. The highest BCUT2D eigenvalue weighted by atomic mass is 127. The van der Waals surface area contributed by atoms with Crippen LogP contribution in [0.5, 0.6) is 0 Å². The van der Waals surface area contributed by atoms with Gasteiger partial charge < -0.3 is 10.6 Å². The molecule has 8 heteroatoms. The molecule has 1 atom stereocenters. The molecule has 1 heterocycles. The van der Waals surface area contributed by atoms with Gasteiger partial charge >= 0.3 is 0 Å².